The van der Waals surface area contributed by atoms with Gasteiger partial charge in [-0.15, -0.1) is 0 Å². The molecule has 1 unspecified atom stereocenters. The van der Waals surface area contributed by atoms with E-state index in [2.05, 4.69) is 22.0 Å². The SMILES string of the molecule is Cc1cn[nH]c1C1CCN(Cc2ccc(S(C)(=O)=O)cc2)C1. The summed E-state index contributed by atoms with van der Waals surface area (Å²) in [7, 11) is -3.11. The molecule has 1 saturated heterocycles. The van der Waals surface area contributed by atoms with Gasteiger partial charge in [-0.2, -0.15) is 5.10 Å². The van der Waals surface area contributed by atoms with Gasteiger partial charge in [-0.1, -0.05) is 12.1 Å². The zero-order valence-corrected chi connectivity index (χ0v) is 13.7. The van der Waals surface area contributed by atoms with Gasteiger partial charge in [-0.05, 0) is 43.1 Å². The van der Waals surface area contributed by atoms with Crippen LogP contribution < -0.4 is 0 Å². The Morgan fingerprint density at radius 3 is 2.64 bits per heavy atom. The third-order valence-corrected chi connectivity index (χ3v) is 5.43. The van der Waals surface area contributed by atoms with Gasteiger partial charge in [0.15, 0.2) is 9.84 Å². The van der Waals surface area contributed by atoms with Crippen LogP contribution >= 0.6 is 0 Å². The van der Waals surface area contributed by atoms with Crippen LogP contribution in [0.2, 0.25) is 0 Å². The van der Waals surface area contributed by atoms with Gasteiger partial charge in [0.25, 0.3) is 0 Å². The number of aromatic nitrogens is 2. The highest BCUT2D eigenvalue weighted by Crippen LogP contribution is 2.28. The summed E-state index contributed by atoms with van der Waals surface area (Å²) in [5.41, 5.74) is 3.62. The Kier molecular flexibility index (Phi) is 4.06. The summed E-state index contributed by atoms with van der Waals surface area (Å²) < 4.78 is 23.0. The van der Waals surface area contributed by atoms with E-state index in [1.807, 2.05) is 18.3 Å². The van der Waals surface area contributed by atoms with Gasteiger partial charge >= 0.3 is 0 Å². The number of aromatic amines is 1. The van der Waals surface area contributed by atoms with Gasteiger partial charge in [0, 0.05) is 31.0 Å². The average molecular weight is 319 g/mol. The molecule has 1 aromatic carbocycles. The van der Waals surface area contributed by atoms with E-state index in [1.54, 1.807) is 12.1 Å². The summed E-state index contributed by atoms with van der Waals surface area (Å²) in [5, 5.41) is 7.22. The molecule has 1 aliphatic rings. The molecule has 1 aromatic heterocycles. The Morgan fingerprint density at radius 1 is 1.32 bits per heavy atom. The number of H-pyrrole nitrogens is 1. The van der Waals surface area contributed by atoms with Crippen LogP contribution in [0.4, 0.5) is 0 Å². The van der Waals surface area contributed by atoms with Crippen LogP contribution in [0.15, 0.2) is 35.4 Å². The van der Waals surface area contributed by atoms with Crippen LogP contribution in [0.1, 0.15) is 29.2 Å². The van der Waals surface area contributed by atoms with Crippen LogP contribution in [0.25, 0.3) is 0 Å². The quantitative estimate of drug-likeness (QED) is 0.937. The van der Waals surface area contributed by atoms with E-state index in [1.165, 1.54) is 17.5 Å². The molecule has 0 saturated carbocycles. The molecule has 118 valence electrons. The van der Waals surface area contributed by atoms with Crippen LogP contribution in [-0.2, 0) is 16.4 Å². The zero-order chi connectivity index (χ0) is 15.7. The molecule has 22 heavy (non-hydrogen) atoms. The summed E-state index contributed by atoms with van der Waals surface area (Å²) in [4.78, 5) is 2.78. The Bertz CT molecular complexity index is 750. The van der Waals surface area contributed by atoms with Crippen molar-refractivity contribution in [1.29, 1.82) is 0 Å². The normalized spacial score (nSPS) is 19.6. The standard InChI is InChI=1S/C16H21N3O2S/c1-12-9-17-18-16(12)14-7-8-19(11-14)10-13-3-5-15(6-4-13)22(2,20)21/h3-6,9,14H,7-8,10-11H2,1-2H3,(H,17,18). The first-order valence-corrected chi connectivity index (χ1v) is 9.34. The molecule has 0 amide bonds. The van der Waals surface area contributed by atoms with Crippen LogP contribution in [0.3, 0.4) is 0 Å². The lowest BCUT2D eigenvalue weighted by molar-refractivity contribution is 0.326. The lowest BCUT2D eigenvalue weighted by Crippen LogP contribution is -2.20. The maximum Gasteiger partial charge on any atom is 0.175 e. The Hall–Kier alpha value is -1.66. The van der Waals surface area contributed by atoms with E-state index in [0.29, 0.717) is 10.8 Å². The number of sulfone groups is 1. The largest absolute Gasteiger partial charge is 0.298 e. The third-order valence-electron chi connectivity index (χ3n) is 4.31. The summed E-state index contributed by atoms with van der Waals surface area (Å²) in [6.45, 7) is 5.01. The van der Waals surface area contributed by atoms with Crippen molar-refractivity contribution in [3.8, 4) is 0 Å². The topological polar surface area (TPSA) is 66.1 Å². The monoisotopic (exact) mass is 319 g/mol. The van der Waals surface area contributed by atoms with Crippen molar-refractivity contribution in [1.82, 2.24) is 15.1 Å². The van der Waals surface area contributed by atoms with E-state index >= 15 is 0 Å². The van der Waals surface area contributed by atoms with Crippen molar-refractivity contribution in [3.63, 3.8) is 0 Å². The Balaban J connectivity index is 1.64. The highest BCUT2D eigenvalue weighted by atomic mass is 32.2. The number of rotatable bonds is 4. The summed E-state index contributed by atoms with van der Waals surface area (Å²) in [5.74, 6) is 0.512. The molecule has 2 aromatic rings. The molecule has 2 heterocycles. The molecule has 5 nitrogen and oxygen atoms in total. The van der Waals surface area contributed by atoms with Crippen molar-refractivity contribution in [3.05, 3.63) is 47.3 Å². The minimum atomic E-state index is -3.11. The second-order valence-electron chi connectivity index (χ2n) is 6.10. The highest BCUT2D eigenvalue weighted by Gasteiger charge is 2.26. The zero-order valence-electron chi connectivity index (χ0n) is 12.9. The fourth-order valence-corrected chi connectivity index (χ4v) is 3.71. The third kappa shape index (κ3) is 3.23. The van der Waals surface area contributed by atoms with Crippen molar-refractivity contribution in [2.45, 2.75) is 30.7 Å². The summed E-state index contributed by atoms with van der Waals surface area (Å²) in [6, 6.07) is 7.20. The predicted molar refractivity (Wildman–Crippen MR) is 85.5 cm³/mol. The van der Waals surface area contributed by atoms with Crippen molar-refractivity contribution in [2.24, 2.45) is 0 Å². The van der Waals surface area contributed by atoms with Gasteiger partial charge in [-0.25, -0.2) is 8.42 Å². The van der Waals surface area contributed by atoms with Crippen molar-refractivity contribution >= 4 is 9.84 Å². The van der Waals surface area contributed by atoms with Gasteiger partial charge < -0.3 is 0 Å². The predicted octanol–water partition coefficient (Wildman–Crippen LogP) is 2.11. The smallest absolute Gasteiger partial charge is 0.175 e. The number of nitrogens with one attached hydrogen (secondary N) is 1. The minimum absolute atomic E-state index is 0.378. The van der Waals surface area contributed by atoms with E-state index in [9.17, 15) is 8.42 Å². The molecular weight excluding hydrogens is 298 g/mol. The first-order chi connectivity index (χ1) is 10.4. The van der Waals surface area contributed by atoms with Gasteiger partial charge in [0.2, 0.25) is 0 Å². The lowest BCUT2D eigenvalue weighted by Gasteiger charge is -2.16. The van der Waals surface area contributed by atoms with Gasteiger partial charge in [0.05, 0.1) is 11.1 Å². The number of likely N-dealkylation sites (tertiary alicyclic amines) is 1. The summed E-state index contributed by atoms with van der Waals surface area (Å²) in [6.07, 6.45) is 4.24. The molecule has 1 fully saturated rings. The number of nitrogens with zero attached hydrogens (tertiary/aromatic N) is 2. The number of aryl methyl sites for hydroxylation is 1. The van der Waals surface area contributed by atoms with Crippen molar-refractivity contribution < 1.29 is 8.42 Å². The average Bonchev–Trinajstić information content (AvgIpc) is 3.07. The molecule has 1 atom stereocenters. The first kappa shape index (κ1) is 15.2. The number of hydrogen-bond donors (Lipinski definition) is 1. The van der Waals surface area contributed by atoms with Gasteiger partial charge in [-0.3, -0.25) is 10.00 Å². The molecule has 1 aliphatic heterocycles. The maximum absolute atomic E-state index is 11.5. The Morgan fingerprint density at radius 2 is 2.05 bits per heavy atom. The second kappa shape index (κ2) is 5.85. The molecule has 1 N–H and O–H groups in total. The molecule has 0 aliphatic carbocycles. The van der Waals surface area contributed by atoms with E-state index < -0.39 is 9.84 Å². The molecular formula is C16H21N3O2S. The fourth-order valence-electron chi connectivity index (χ4n) is 3.08. The van der Waals surface area contributed by atoms with Crippen LogP contribution in [0, 0.1) is 6.92 Å². The molecule has 0 radical (unpaired) electrons. The second-order valence-corrected chi connectivity index (χ2v) is 8.12. The van der Waals surface area contributed by atoms with Crippen LogP contribution in [0.5, 0.6) is 0 Å². The lowest BCUT2D eigenvalue weighted by atomic mass is 10.0. The number of benzene rings is 1. The van der Waals surface area contributed by atoms with E-state index in [0.717, 1.165) is 31.6 Å². The molecule has 6 heteroatoms. The van der Waals surface area contributed by atoms with Crippen molar-refractivity contribution in [2.75, 3.05) is 19.3 Å². The Labute approximate surface area is 131 Å². The van der Waals surface area contributed by atoms with Crippen LogP contribution in [-0.4, -0.2) is 42.9 Å². The van der Waals surface area contributed by atoms with E-state index in [4.69, 9.17) is 0 Å². The first-order valence-electron chi connectivity index (χ1n) is 7.44. The molecule has 3 rings (SSSR count). The summed E-state index contributed by atoms with van der Waals surface area (Å²) >= 11 is 0. The van der Waals surface area contributed by atoms with Gasteiger partial charge in [0.1, 0.15) is 0 Å². The van der Waals surface area contributed by atoms with E-state index in [-0.39, 0.29) is 0 Å². The highest BCUT2D eigenvalue weighted by molar-refractivity contribution is 7.90. The molecule has 0 bridgehead atoms. The minimum Gasteiger partial charge on any atom is -0.298 e. The maximum atomic E-state index is 11.5. The number of hydrogen-bond acceptors (Lipinski definition) is 4. The fraction of sp³-hybridized carbons (Fsp3) is 0.438. The molecule has 0 spiro atoms.